The summed E-state index contributed by atoms with van der Waals surface area (Å²) >= 11 is 0. The van der Waals surface area contributed by atoms with E-state index in [1.165, 1.54) is 16.8 Å². The molecular formula is C16H13F2N3. The molecule has 21 heavy (non-hydrogen) atoms. The first-order valence-corrected chi connectivity index (χ1v) is 6.42. The molecule has 3 rings (SSSR count). The second-order valence-corrected chi connectivity index (χ2v) is 4.82. The fraction of sp³-hybridized carbons (Fsp3) is 0.0625. The SMILES string of the molecule is Cc1ccc(-c2cnn(-c3ccc(F)cc3F)c2N)cc1. The van der Waals surface area contributed by atoms with Crippen LogP contribution in [0.2, 0.25) is 0 Å². The summed E-state index contributed by atoms with van der Waals surface area (Å²) in [5, 5.41) is 4.10. The molecule has 0 spiro atoms. The van der Waals surface area contributed by atoms with Crippen molar-refractivity contribution in [3.8, 4) is 16.8 Å². The van der Waals surface area contributed by atoms with Crippen LogP contribution in [-0.4, -0.2) is 9.78 Å². The second-order valence-electron chi connectivity index (χ2n) is 4.82. The summed E-state index contributed by atoms with van der Waals surface area (Å²) in [7, 11) is 0. The number of halogens is 2. The van der Waals surface area contributed by atoms with Crippen LogP contribution in [0.1, 0.15) is 5.56 Å². The summed E-state index contributed by atoms with van der Waals surface area (Å²) in [6.07, 6.45) is 1.57. The average molecular weight is 285 g/mol. The lowest BCUT2D eigenvalue weighted by Gasteiger charge is -2.07. The first-order chi connectivity index (χ1) is 10.1. The summed E-state index contributed by atoms with van der Waals surface area (Å²) in [4.78, 5) is 0. The highest BCUT2D eigenvalue weighted by Gasteiger charge is 2.14. The van der Waals surface area contributed by atoms with Crippen molar-refractivity contribution in [3.05, 3.63) is 65.9 Å². The van der Waals surface area contributed by atoms with Crippen LogP contribution in [0.15, 0.2) is 48.7 Å². The van der Waals surface area contributed by atoms with Gasteiger partial charge in [0.05, 0.1) is 6.20 Å². The van der Waals surface area contributed by atoms with Crippen LogP contribution in [0.4, 0.5) is 14.6 Å². The number of aryl methyl sites for hydroxylation is 1. The molecule has 2 N–H and O–H groups in total. The highest BCUT2D eigenvalue weighted by atomic mass is 19.1. The van der Waals surface area contributed by atoms with Gasteiger partial charge in [0.25, 0.3) is 0 Å². The van der Waals surface area contributed by atoms with Crippen LogP contribution in [0.5, 0.6) is 0 Å². The van der Waals surface area contributed by atoms with Crippen molar-refractivity contribution in [2.24, 2.45) is 0 Å². The Labute approximate surface area is 120 Å². The van der Waals surface area contributed by atoms with E-state index in [1.54, 1.807) is 6.20 Å². The third-order valence-corrected chi connectivity index (χ3v) is 3.31. The van der Waals surface area contributed by atoms with Crippen LogP contribution in [0.25, 0.3) is 16.8 Å². The zero-order valence-corrected chi connectivity index (χ0v) is 11.3. The standard InChI is InChI=1S/C16H13F2N3/c1-10-2-4-11(5-3-10)13-9-20-21(16(13)19)15-7-6-12(17)8-14(15)18/h2-9H,19H2,1H3. The van der Waals surface area contributed by atoms with Crippen LogP contribution in [-0.2, 0) is 0 Å². The van der Waals surface area contributed by atoms with Gasteiger partial charge in [0, 0.05) is 11.6 Å². The lowest BCUT2D eigenvalue weighted by Crippen LogP contribution is -2.04. The number of nitrogens with zero attached hydrogens (tertiary/aromatic N) is 2. The molecule has 0 saturated carbocycles. The fourth-order valence-corrected chi connectivity index (χ4v) is 2.16. The van der Waals surface area contributed by atoms with Crippen molar-refractivity contribution in [3.63, 3.8) is 0 Å². The molecule has 0 aliphatic rings. The Morgan fingerprint density at radius 1 is 1.05 bits per heavy atom. The molecule has 0 saturated heterocycles. The minimum Gasteiger partial charge on any atom is -0.383 e. The minimum atomic E-state index is -0.708. The van der Waals surface area contributed by atoms with E-state index in [0.717, 1.165) is 17.2 Å². The minimum absolute atomic E-state index is 0.118. The largest absolute Gasteiger partial charge is 0.383 e. The molecule has 106 valence electrons. The van der Waals surface area contributed by atoms with E-state index in [1.807, 2.05) is 31.2 Å². The molecule has 0 radical (unpaired) electrons. The lowest BCUT2D eigenvalue weighted by molar-refractivity contribution is 0.574. The molecule has 2 aromatic carbocycles. The fourth-order valence-electron chi connectivity index (χ4n) is 2.16. The van der Waals surface area contributed by atoms with Crippen molar-refractivity contribution in [1.29, 1.82) is 0 Å². The Morgan fingerprint density at radius 2 is 1.76 bits per heavy atom. The van der Waals surface area contributed by atoms with E-state index < -0.39 is 11.6 Å². The van der Waals surface area contributed by atoms with Gasteiger partial charge in [-0.1, -0.05) is 29.8 Å². The summed E-state index contributed by atoms with van der Waals surface area (Å²) < 4.78 is 28.1. The van der Waals surface area contributed by atoms with Gasteiger partial charge in [0.15, 0.2) is 5.82 Å². The molecule has 0 aliphatic heterocycles. The van der Waals surface area contributed by atoms with E-state index in [4.69, 9.17) is 5.73 Å². The van der Waals surface area contributed by atoms with E-state index in [0.29, 0.717) is 11.4 Å². The molecule has 0 amide bonds. The van der Waals surface area contributed by atoms with Crippen molar-refractivity contribution in [2.75, 3.05) is 5.73 Å². The zero-order valence-electron chi connectivity index (χ0n) is 11.3. The van der Waals surface area contributed by atoms with E-state index in [-0.39, 0.29) is 5.69 Å². The monoisotopic (exact) mass is 285 g/mol. The molecule has 3 nitrogen and oxygen atoms in total. The predicted octanol–water partition coefficient (Wildman–Crippen LogP) is 3.71. The lowest BCUT2D eigenvalue weighted by atomic mass is 10.1. The van der Waals surface area contributed by atoms with E-state index in [2.05, 4.69) is 5.10 Å². The summed E-state index contributed by atoms with van der Waals surface area (Å²) in [5.41, 5.74) is 8.91. The Morgan fingerprint density at radius 3 is 2.43 bits per heavy atom. The second kappa shape index (κ2) is 5.01. The first kappa shape index (κ1) is 13.3. The summed E-state index contributed by atoms with van der Waals surface area (Å²) in [6.45, 7) is 1.99. The zero-order chi connectivity index (χ0) is 15.0. The normalized spacial score (nSPS) is 10.8. The maximum atomic E-state index is 13.8. The van der Waals surface area contributed by atoms with Gasteiger partial charge in [-0.3, -0.25) is 0 Å². The number of rotatable bonds is 2. The van der Waals surface area contributed by atoms with E-state index >= 15 is 0 Å². The highest BCUT2D eigenvalue weighted by molar-refractivity contribution is 5.74. The number of benzene rings is 2. The Kier molecular flexibility index (Phi) is 3.17. The van der Waals surface area contributed by atoms with Gasteiger partial charge >= 0.3 is 0 Å². The smallest absolute Gasteiger partial charge is 0.151 e. The number of anilines is 1. The Bertz CT molecular complexity index is 792. The number of nitrogen functional groups attached to an aromatic ring is 1. The maximum Gasteiger partial charge on any atom is 0.151 e. The quantitative estimate of drug-likeness (QED) is 0.780. The van der Waals surface area contributed by atoms with Gasteiger partial charge in [-0.25, -0.2) is 13.5 Å². The first-order valence-electron chi connectivity index (χ1n) is 6.42. The Balaban J connectivity index is 2.09. The molecule has 5 heteroatoms. The third-order valence-electron chi connectivity index (χ3n) is 3.31. The van der Waals surface area contributed by atoms with Crippen molar-refractivity contribution < 1.29 is 8.78 Å². The third kappa shape index (κ3) is 2.38. The number of hydrogen-bond acceptors (Lipinski definition) is 2. The molecule has 0 bridgehead atoms. The van der Waals surface area contributed by atoms with Gasteiger partial charge in [-0.2, -0.15) is 5.10 Å². The van der Waals surface area contributed by atoms with Crippen LogP contribution < -0.4 is 5.73 Å². The molecular weight excluding hydrogens is 272 g/mol. The van der Waals surface area contributed by atoms with Crippen molar-refractivity contribution in [2.45, 2.75) is 6.92 Å². The predicted molar refractivity (Wildman–Crippen MR) is 78.1 cm³/mol. The molecule has 1 aromatic heterocycles. The topological polar surface area (TPSA) is 43.8 Å². The number of hydrogen-bond donors (Lipinski definition) is 1. The van der Waals surface area contributed by atoms with Gasteiger partial charge in [-0.05, 0) is 24.6 Å². The summed E-state index contributed by atoms with van der Waals surface area (Å²) in [5.74, 6) is -1.04. The van der Waals surface area contributed by atoms with Crippen LogP contribution in [0.3, 0.4) is 0 Å². The molecule has 1 heterocycles. The van der Waals surface area contributed by atoms with Gasteiger partial charge in [0.2, 0.25) is 0 Å². The molecule has 0 aliphatic carbocycles. The highest BCUT2D eigenvalue weighted by Crippen LogP contribution is 2.28. The Hall–Kier alpha value is -2.69. The van der Waals surface area contributed by atoms with Crippen molar-refractivity contribution in [1.82, 2.24) is 9.78 Å². The van der Waals surface area contributed by atoms with Crippen LogP contribution >= 0.6 is 0 Å². The molecule has 0 atom stereocenters. The van der Waals surface area contributed by atoms with Gasteiger partial charge in [0.1, 0.15) is 17.3 Å². The van der Waals surface area contributed by atoms with Crippen LogP contribution in [0, 0.1) is 18.6 Å². The average Bonchev–Trinajstić information content (AvgIpc) is 2.82. The number of nitrogens with two attached hydrogens (primary N) is 1. The molecule has 3 aromatic rings. The number of aromatic nitrogens is 2. The molecule has 0 fully saturated rings. The van der Waals surface area contributed by atoms with Gasteiger partial charge < -0.3 is 5.73 Å². The van der Waals surface area contributed by atoms with Gasteiger partial charge in [-0.15, -0.1) is 0 Å². The maximum absolute atomic E-state index is 13.8. The molecule has 0 unspecified atom stereocenters. The summed E-state index contributed by atoms with van der Waals surface area (Å²) in [6, 6.07) is 11.1. The van der Waals surface area contributed by atoms with Crippen molar-refractivity contribution >= 4 is 5.82 Å². The van der Waals surface area contributed by atoms with E-state index in [9.17, 15) is 8.78 Å².